The van der Waals surface area contributed by atoms with E-state index in [2.05, 4.69) is 0 Å². The molecule has 71 valence electrons. The van der Waals surface area contributed by atoms with Gasteiger partial charge in [0.15, 0.2) is 6.29 Å². The molecule has 1 aromatic carbocycles. The van der Waals surface area contributed by atoms with E-state index in [1.54, 1.807) is 0 Å². The Morgan fingerprint density at radius 2 is 1.86 bits per heavy atom. The van der Waals surface area contributed by atoms with Crippen molar-refractivity contribution in [1.82, 2.24) is 0 Å². The van der Waals surface area contributed by atoms with Crippen molar-refractivity contribution in [2.24, 2.45) is 0 Å². The molecule has 0 saturated heterocycles. The summed E-state index contributed by atoms with van der Waals surface area (Å²) in [4.78, 5) is 9.85. The van der Waals surface area contributed by atoms with Gasteiger partial charge < -0.3 is 5.11 Å². The fourth-order valence-electron chi connectivity index (χ4n) is 0.787. The molecule has 0 atom stereocenters. The Kier molecular flexibility index (Phi) is 4.76. The second kappa shape index (κ2) is 4.90. The largest absolute Gasteiger partial charge is 0.507 e. The van der Waals surface area contributed by atoms with E-state index in [1.165, 1.54) is 0 Å². The third kappa shape index (κ3) is 3.07. The topological polar surface area (TPSA) is 91.7 Å². The zero-order valence-corrected chi connectivity index (χ0v) is 10.2. The molecule has 7 heteroatoms. The fraction of sp³-hybridized carbons (Fsp3) is 0. The molecule has 0 aromatic heterocycles. The molecule has 1 rings (SSSR count). The van der Waals surface area contributed by atoms with Crippen LogP contribution in [0, 0.1) is 0 Å². The Bertz CT molecular complexity index is 439. The number of benzene rings is 1. The Balaban J connectivity index is 0.00000169. The van der Waals surface area contributed by atoms with Gasteiger partial charge in [0.05, 0.1) is 10.5 Å². The van der Waals surface area contributed by atoms with Gasteiger partial charge in [0.2, 0.25) is 0 Å². The molecule has 5 nitrogen and oxygen atoms in total. The van der Waals surface area contributed by atoms with Gasteiger partial charge in [-0.05, 0) is 18.2 Å². The molecule has 0 aliphatic heterocycles. The molecule has 0 unspecified atom stereocenters. The van der Waals surface area contributed by atoms with Crippen LogP contribution in [0.15, 0.2) is 23.1 Å². The van der Waals surface area contributed by atoms with Gasteiger partial charge in [0.25, 0.3) is 10.1 Å². The van der Waals surface area contributed by atoms with E-state index in [0.717, 1.165) is 18.2 Å². The van der Waals surface area contributed by atoms with Crippen molar-refractivity contribution in [3.05, 3.63) is 23.8 Å². The quantitative estimate of drug-likeness (QED) is 0.422. The van der Waals surface area contributed by atoms with Crippen molar-refractivity contribution in [3.63, 3.8) is 0 Å². The number of carbonyl (C=O) groups excluding carboxylic acids is 1. The molecule has 0 amide bonds. The summed E-state index contributed by atoms with van der Waals surface area (Å²) < 4.78 is 29.7. The van der Waals surface area contributed by atoms with Crippen LogP contribution < -0.4 is 0 Å². The molecule has 0 aliphatic carbocycles. The summed E-state index contributed by atoms with van der Waals surface area (Å²) in [6.07, 6.45) is 0.296. The average Bonchev–Trinajstić information content (AvgIpc) is 2.03. The molecule has 0 aliphatic rings. The van der Waals surface area contributed by atoms with Crippen molar-refractivity contribution < 1.29 is 22.9 Å². The van der Waals surface area contributed by atoms with E-state index < -0.39 is 15.0 Å². The van der Waals surface area contributed by atoms with Crippen molar-refractivity contribution in [2.75, 3.05) is 0 Å². The van der Waals surface area contributed by atoms with E-state index in [0.29, 0.717) is 6.29 Å². The first kappa shape index (κ1) is 13.6. The van der Waals surface area contributed by atoms with Crippen LogP contribution >= 0.6 is 0 Å². The fourth-order valence-corrected chi connectivity index (χ4v) is 1.30. The van der Waals surface area contributed by atoms with Crippen molar-refractivity contribution in [2.45, 2.75) is 4.90 Å². The zero-order valence-electron chi connectivity index (χ0n) is 7.34. The number of aromatic hydroxyl groups is 1. The molecule has 0 bridgehead atoms. The first-order chi connectivity index (χ1) is 5.95. The Morgan fingerprint density at radius 1 is 1.29 bits per heavy atom. The third-order valence-corrected chi connectivity index (χ3v) is 2.27. The summed E-state index contributed by atoms with van der Waals surface area (Å²) in [5.74, 6) is -0.331. The second-order valence-corrected chi connectivity index (χ2v) is 3.74. The third-order valence-electron chi connectivity index (χ3n) is 1.42. The molecule has 1 radical (unpaired) electrons. The molecule has 0 fully saturated rings. The van der Waals surface area contributed by atoms with Gasteiger partial charge in [0, 0.05) is 29.6 Å². The number of aldehydes is 1. The number of phenols is 1. The van der Waals surface area contributed by atoms with Crippen LogP contribution in [0.2, 0.25) is 0 Å². The Morgan fingerprint density at radius 3 is 2.29 bits per heavy atom. The number of carbonyl (C=O) groups is 1. The number of hydrogen-bond donors (Lipinski definition) is 2. The first-order valence-corrected chi connectivity index (χ1v) is 4.65. The molecule has 14 heavy (non-hydrogen) atoms. The molecule has 2 N–H and O–H groups in total. The molecule has 1 aromatic rings. The van der Waals surface area contributed by atoms with Crippen LogP contribution in [0.5, 0.6) is 5.75 Å². The summed E-state index contributed by atoms with van der Waals surface area (Å²) in [5.41, 5.74) is -0.185. The number of hydrogen-bond acceptors (Lipinski definition) is 4. The molecular formula is C7H6NaO5S. The predicted molar refractivity (Wildman–Crippen MR) is 49.1 cm³/mol. The number of phenolic OH excluding ortho intramolecular Hbond substituents is 1. The maximum atomic E-state index is 10.6. The van der Waals surface area contributed by atoms with Gasteiger partial charge >= 0.3 is 0 Å². The van der Waals surface area contributed by atoms with Gasteiger partial charge in [-0.25, -0.2) is 0 Å². The SMILES string of the molecule is O=Cc1cc(S(=O)(=O)O)ccc1O.[Na]. The van der Waals surface area contributed by atoms with E-state index in [4.69, 9.17) is 9.66 Å². The summed E-state index contributed by atoms with van der Waals surface area (Å²) in [5, 5.41) is 8.99. The monoisotopic (exact) mass is 225 g/mol. The van der Waals surface area contributed by atoms with Crippen LogP contribution in [0.4, 0.5) is 0 Å². The van der Waals surface area contributed by atoms with Crippen LogP contribution in [0.1, 0.15) is 10.4 Å². The molecule has 0 spiro atoms. The molecular weight excluding hydrogens is 219 g/mol. The van der Waals surface area contributed by atoms with Gasteiger partial charge in [-0.3, -0.25) is 9.35 Å². The first-order valence-electron chi connectivity index (χ1n) is 3.21. The minimum absolute atomic E-state index is 0. The van der Waals surface area contributed by atoms with Gasteiger partial charge in [-0.2, -0.15) is 8.42 Å². The van der Waals surface area contributed by atoms with E-state index >= 15 is 0 Å². The van der Waals surface area contributed by atoms with E-state index in [1.807, 2.05) is 0 Å². The van der Waals surface area contributed by atoms with E-state index in [9.17, 15) is 13.2 Å². The van der Waals surface area contributed by atoms with E-state index in [-0.39, 0.29) is 40.9 Å². The van der Waals surface area contributed by atoms with Crippen LogP contribution in [0.3, 0.4) is 0 Å². The van der Waals surface area contributed by atoms with Crippen molar-refractivity contribution >= 4 is 46.0 Å². The second-order valence-electron chi connectivity index (χ2n) is 2.31. The Hall–Kier alpha value is -0.400. The normalized spacial score (nSPS) is 10.4. The average molecular weight is 225 g/mol. The smallest absolute Gasteiger partial charge is 0.294 e. The predicted octanol–water partition coefficient (Wildman–Crippen LogP) is 0.0706. The van der Waals surface area contributed by atoms with Gasteiger partial charge in [0.1, 0.15) is 5.75 Å². The Labute approximate surface area is 103 Å². The molecule has 0 saturated carbocycles. The standard InChI is InChI=1S/C7H6O5S.Na/c8-4-5-3-6(13(10,11)12)1-2-7(5)9;/h1-4,9H,(H,10,11,12);. The van der Waals surface area contributed by atoms with Crippen LogP contribution in [0.25, 0.3) is 0 Å². The van der Waals surface area contributed by atoms with Crippen molar-refractivity contribution in [3.8, 4) is 5.75 Å². The van der Waals surface area contributed by atoms with Crippen molar-refractivity contribution in [1.29, 1.82) is 0 Å². The van der Waals surface area contributed by atoms with Gasteiger partial charge in [-0.1, -0.05) is 0 Å². The summed E-state index contributed by atoms with van der Waals surface area (Å²) in [6, 6.07) is 2.90. The summed E-state index contributed by atoms with van der Waals surface area (Å²) in [7, 11) is -4.32. The molecule has 0 heterocycles. The minimum atomic E-state index is -4.32. The zero-order chi connectivity index (χ0) is 10.1. The van der Waals surface area contributed by atoms with Gasteiger partial charge in [-0.15, -0.1) is 0 Å². The van der Waals surface area contributed by atoms with Crippen LogP contribution in [-0.2, 0) is 10.1 Å². The summed E-state index contributed by atoms with van der Waals surface area (Å²) in [6.45, 7) is 0. The van der Waals surface area contributed by atoms with Crippen LogP contribution in [-0.4, -0.2) is 53.9 Å². The maximum Gasteiger partial charge on any atom is 0.294 e. The summed E-state index contributed by atoms with van der Waals surface area (Å²) >= 11 is 0. The minimum Gasteiger partial charge on any atom is -0.507 e. The maximum absolute atomic E-state index is 10.6. The number of rotatable bonds is 2.